The van der Waals surface area contributed by atoms with Gasteiger partial charge in [-0.05, 0) is 19.6 Å². The SMILES string of the molecule is CCOC(CSCC)OCC. The lowest BCUT2D eigenvalue weighted by Crippen LogP contribution is -2.20. The maximum Gasteiger partial charge on any atom is 0.166 e. The van der Waals surface area contributed by atoms with Crippen LogP contribution in [0.2, 0.25) is 0 Å². The van der Waals surface area contributed by atoms with Crippen molar-refractivity contribution in [3.05, 3.63) is 0 Å². The first kappa shape index (κ1) is 11.3. The Kier molecular flexibility index (Phi) is 8.57. The number of ether oxygens (including phenoxy) is 2. The summed E-state index contributed by atoms with van der Waals surface area (Å²) in [5, 5.41) is 0. The highest BCUT2D eigenvalue weighted by Crippen LogP contribution is 2.06. The molecule has 0 aromatic carbocycles. The van der Waals surface area contributed by atoms with Crippen molar-refractivity contribution in [2.75, 3.05) is 24.7 Å². The summed E-state index contributed by atoms with van der Waals surface area (Å²) >= 11 is 1.85. The van der Waals surface area contributed by atoms with Crippen LogP contribution in [0.15, 0.2) is 0 Å². The van der Waals surface area contributed by atoms with E-state index in [9.17, 15) is 0 Å². The molecular weight excluding hydrogens is 160 g/mol. The van der Waals surface area contributed by atoms with Gasteiger partial charge in [-0.3, -0.25) is 0 Å². The van der Waals surface area contributed by atoms with Crippen LogP contribution < -0.4 is 0 Å². The molecular formula is C8H18O2S. The third-order valence-corrected chi connectivity index (χ3v) is 2.08. The zero-order valence-electron chi connectivity index (χ0n) is 7.63. The van der Waals surface area contributed by atoms with E-state index in [0.29, 0.717) is 0 Å². The minimum Gasteiger partial charge on any atom is -0.352 e. The number of hydrogen-bond donors (Lipinski definition) is 0. The van der Waals surface area contributed by atoms with Gasteiger partial charge in [-0.2, -0.15) is 11.8 Å². The Morgan fingerprint density at radius 3 is 2.00 bits per heavy atom. The van der Waals surface area contributed by atoms with Crippen LogP contribution >= 0.6 is 11.8 Å². The molecule has 0 bridgehead atoms. The molecule has 2 nitrogen and oxygen atoms in total. The standard InChI is InChI=1S/C8H18O2S/c1-4-9-8(10-5-2)7-11-6-3/h8H,4-7H2,1-3H3. The van der Waals surface area contributed by atoms with Gasteiger partial charge in [0.05, 0.1) is 0 Å². The van der Waals surface area contributed by atoms with Crippen LogP contribution in [0.5, 0.6) is 0 Å². The van der Waals surface area contributed by atoms with E-state index >= 15 is 0 Å². The molecule has 0 atom stereocenters. The first-order valence-electron chi connectivity index (χ1n) is 4.16. The second-order valence-corrected chi connectivity index (χ2v) is 3.32. The molecule has 0 rings (SSSR count). The highest BCUT2D eigenvalue weighted by molar-refractivity contribution is 7.99. The molecule has 0 N–H and O–H groups in total. The Morgan fingerprint density at radius 2 is 1.64 bits per heavy atom. The molecule has 0 saturated carbocycles. The zero-order chi connectivity index (χ0) is 8.53. The van der Waals surface area contributed by atoms with Crippen LogP contribution in [0.4, 0.5) is 0 Å². The molecule has 0 saturated heterocycles. The van der Waals surface area contributed by atoms with Crippen molar-refractivity contribution >= 4 is 11.8 Å². The molecule has 0 aliphatic rings. The molecule has 0 aliphatic heterocycles. The van der Waals surface area contributed by atoms with E-state index in [1.807, 2.05) is 25.6 Å². The fraction of sp³-hybridized carbons (Fsp3) is 1.00. The van der Waals surface area contributed by atoms with Gasteiger partial charge < -0.3 is 9.47 Å². The highest BCUT2D eigenvalue weighted by atomic mass is 32.2. The molecule has 0 spiro atoms. The van der Waals surface area contributed by atoms with Gasteiger partial charge in [-0.25, -0.2) is 0 Å². The summed E-state index contributed by atoms with van der Waals surface area (Å²) in [4.78, 5) is 0. The van der Waals surface area contributed by atoms with E-state index in [4.69, 9.17) is 9.47 Å². The van der Waals surface area contributed by atoms with Crippen LogP contribution in [-0.4, -0.2) is 31.0 Å². The first-order chi connectivity index (χ1) is 5.35. The van der Waals surface area contributed by atoms with E-state index in [-0.39, 0.29) is 6.29 Å². The average molecular weight is 178 g/mol. The van der Waals surface area contributed by atoms with Crippen LogP contribution in [0.25, 0.3) is 0 Å². The molecule has 11 heavy (non-hydrogen) atoms. The molecule has 0 radical (unpaired) electrons. The van der Waals surface area contributed by atoms with Gasteiger partial charge >= 0.3 is 0 Å². The van der Waals surface area contributed by atoms with Gasteiger partial charge in [-0.15, -0.1) is 0 Å². The van der Waals surface area contributed by atoms with Crippen molar-refractivity contribution in [1.82, 2.24) is 0 Å². The highest BCUT2D eigenvalue weighted by Gasteiger charge is 2.05. The minimum atomic E-state index is -0.00468. The first-order valence-corrected chi connectivity index (χ1v) is 5.31. The fourth-order valence-corrected chi connectivity index (χ4v) is 1.35. The molecule has 0 amide bonds. The summed E-state index contributed by atoms with van der Waals surface area (Å²) in [7, 11) is 0. The Balaban J connectivity index is 3.34. The zero-order valence-corrected chi connectivity index (χ0v) is 8.45. The lowest BCUT2D eigenvalue weighted by molar-refractivity contribution is -0.120. The van der Waals surface area contributed by atoms with Crippen molar-refractivity contribution in [2.24, 2.45) is 0 Å². The van der Waals surface area contributed by atoms with Gasteiger partial charge in [-0.1, -0.05) is 6.92 Å². The van der Waals surface area contributed by atoms with E-state index in [2.05, 4.69) is 6.92 Å². The van der Waals surface area contributed by atoms with Crippen LogP contribution in [0.3, 0.4) is 0 Å². The Morgan fingerprint density at radius 1 is 1.09 bits per heavy atom. The normalized spacial score (nSPS) is 10.9. The van der Waals surface area contributed by atoms with Crippen LogP contribution in [-0.2, 0) is 9.47 Å². The quantitative estimate of drug-likeness (QED) is 0.556. The monoisotopic (exact) mass is 178 g/mol. The predicted octanol–water partition coefficient (Wildman–Crippen LogP) is 2.14. The Bertz CT molecular complexity index is 72.5. The van der Waals surface area contributed by atoms with Gasteiger partial charge in [0.15, 0.2) is 6.29 Å². The number of rotatable bonds is 7. The predicted molar refractivity (Wildman–Crippen MR) is 50.0 cm³/mol. The van der Waals surface area contributed by atoms with Gasteiger partial charge in [0, 0.05) is 19.0 Å². The van der Waals surface area contributed by atoms with Crippen molar-refractivity contribution in [2.45, 2.75) is 27.1 Å². The van der Waals surface area contributed by atoms with Gasteiger partial charge in [0.25, 0.3) is 0 Å². The summed E-state index contributed by atoms with van der Waals surface area (Å²) in [6.45, 7) is 7.58. The molecule has 0 fully saturated rings. The second-order valence-electron chi connectivity index (χ2n) is 2.00. The van der Waals surface area contributed by atoms with Gasteiger partial charge in [0.2, 0.25) is 0 Å². The van der Waals surface area contributed by atoms with Crippen molar-refractivity contribution in [1.29, 1.82) is 0 Å². The lowest BCUT2D eigenvalue weighted by Gasteiger charge is -2.15. The summed E-state index contributed by atoms with van der Waals surface area (Å²) in [6, 6.07) is 0. The van der Waals surface area contributed by atoms with E-state index in [1.165, 1.54) is 0 Å². The molecule has 3 heteroatoms. The molecule has 0 heterocycles. The molecule has 0 aromatic rings. The smallest absolute Gasteiger partial charge is 0.166 e. The summed E-state index contributed by atoms with van der Waals surface area (Å²) < 4.78 is 10.7. The maximum atomic E-state index is 5.34. The summed E-state index contributed by atoms with van der Waals surface area (Å²) in [5.74, 6) is 2.06. The lowest BCUT2D eigenvalue weighted by atomic mass is 10.7. The number of thioether (sulfide) groups is 1. The van der Waals surface area contributed by atoms with Gasteiger partial charge in [0.1, 0.15) is 0 Å². The Hall–Kier alpha value is 0.270. The minimum absolute atomic E-state index is 0.00468. The largest absolute Gasteiger partial charge is 0.352 e. The third kappa shape index (κ3) is 6.66. The molecule has 0 aliphatic carbocycles. The van der Waals surface area contributed by atoms with E-state index < -0.39 is 0 Å². The Labute approximate surface area is 73.6 Å². The average Bonchev–Trinajstić information content (AvgIpc) is 2.01. The summed E-state index contributed by atoms with van der Waals surface area (Å²) in [5.41, 5.74) is 0. The van der Waals surface area contributed by atoms with Crippen molar-refractivity contribution < 1.29 is 9.47 Å². The van der Waals surface area contributed by atoms with Crippen molar-refractivity contribution in [3.8, 4) is 0 Å². The maximum absolute atomic E-state index is 5.34. The molecule has 68 valence electrons. The van der Waals surface area contributed by atoms with E-state index in [1.54, 1.807) is 0 Å². The second kappa shape index (κ2) is 8.37. The van der Waals surface area contributed by atoms with E-state index in [0.717, 1.165) is 24.7 Å². The van der Waals surface area contributed by atoms with Crippen LogP contribution in [0.1, 0.15) is 20.8 Å². The fourth-order valence-electron chi connectivity index (χ4n) is 0.730. The van der Waals surface area contributed by atoms with Crippen molar-refractivity contribution in [3.63, 3.8) is 0 Å². The third-order valence-electron chi connectivity index (χ3n) is 1.16. The topological polar surface area (TPSA) is 18.5 Å². The van der Waals surface area contributed by atoms with Crippen LogP contribution in [0, 0.1) is 0 Å². The number of hydrogen-bond acceptors (Lipinski definition) is 3. The summed E-state index contributed by atoms with van der Waals surface area (Å²) in [6.07, 6.45) is -0.00468. The molecule has 0 unspecified atom stereocenters. The molecule has 0 aromatic heterocycles.